The monoisotopic (exact) mass is 275 g/mol. The fourth-order valence-corrected chi connectivity index (χ4v) is 2.56. The summed E-state index contributed by atoms with van der Waals surface area (Å²) in [4.78, 5) is 17.0. The van der Waals surface area contributed by atoms with Crippen molar-refractivity contribution in [1.82, 2.24) is 4.98 Å². The maximum Gasteiger partial charge on any atom is 0.193 e. The average molecular weight is 275 g/mol. The summed E-state index contributed by atoms with van der Waals surface area (Å²) in [6, 6.07) is 17.5. The van der Waals surface area contributed by atoms with Gasteiger partial charge in [-0.05, 0) is 24.1 Å². The van der Waals surface area contributed by atoms with Crippen molar-refractivity contribution in [2.75, 3.05) is 0 Å². The Bertz CT molecular complexity index is 770. The van der Waals surface area contributed by atoms with Crippen LogP contribution in [0.5, 0.6) is 0 Å². The normalized spacial score (nSPS) is 10.7. The Morgan fingerprint density at radius 2 is 1.76 bits per heavy atom. The van der Waals surface area contributed by atoms with Crippen LogP contribution < -0.4 is 0 Å². The van der Waals surface area contributed by atoms with Crippen molar-refractivity contribution >= 4 is 16.7 Å². The van der Waals surface area contributed by atoms with Gasteiger partial charge in [0.2, 0.25) is 0 Å². The number of rotatable bonds is 4. The molecule has 0 saturated carbocycles. The minimum absolute atomic E-state index is 0.0525. The van der Waals surface area contributed by atoms with Crippen LogP contribution in [0.25, 0.3) is 10.9 Å². The van der Waals surface area contributed by atoms with Gasteiger partial charge in [-0.15, -0.1) is 0 Å². The minimum atomic E-state index is 0.0525. The summed E-state index contributed by atoms with van der Waals surface area (Å²) in [6.07, 6.45) is 3.86. The van der Waals surface area contributed by atoms with Crippen LogP contribution in [0, 0.1) is 0 Å². The molecule has 0 aliphatic heterocycles. The van der Waals surface area contributed by atoms with E-state index in [1.807, 2.05) is 48.5 Å². The molecule has 1 heterocycles. The van der Waals surface area contributed by atoms with Gasteiger partial charge in [-0.25, -0.2) is 0 Å². The first-order valence-corrected chi connectivity index (χ1v) is 7.27. The maximum absolute atomic E-state index is 12.7. The maximum atomic E-state index is 12.7. The van der Waals surface area contributed by atoms with Gasteiger partial charge in [-0.3, -0.25) is 9.78 Å². The zero-order valence-electron chi connectivity index (χ0n) is 12.0. The minimum Gasteiger partial charge on any atom is -0.289 e. The summed E-state index contributed by atoms with van der Waals surface area (Å²) in [6.45, 7) is 2.15. The molecule has 3 rings (SSSR count). The van der Waals surface area contributed by atoms with Crippen LogP contribution in [-0.4, -0.2) is 10.8 Å². The average Bonchev–Trinajstić information content (AvgIpc) is 2.55. The van der Waals surface area contributed by atoms with Gasteiger partial charge in [-0.2, -0.15) is 0 Å². The molecule has 2 nitrogen and oxygen atoms in total. The zero-order valence-corrected chi connectivity index (χ0v) is 12.0. The van der Waals surface area contributed by atoms with E-state index in [0.29, 0.717) is 5.56 Å². The number of nitrogens with zero attached hydrogens (tertiary/aromatic N) is 1. The molecule has 0 atom stereocenters. The number of hydrogen-bond donors (Lipinski definition) is 0. The third kappa shape index (κ3) is 2.70. The van der Waals surface area contributed by atoms with Gasteiger partial charge in [0.25, 0.3) is 0 Å². The van der Waals surface area contributed by atoms with Crippen molar-refractivity contribution in [3.63, 3.8) is 0 Å². The predicted octanol–water partition coefficient (Wildman–Crippen LogP) is 4.42. The lowest BCUT2D eigenvalue weighted by atomic mass is 9.98. The Balaban J connectivity index is 2.00. The summed E-state index contributed by atoms with van der Waals surface area (Å²) < 4.78 is 0. The molecule has 21 heavy (non-hydrogen) atoms. The number of ketones is 1. The van der Waals surface area contributed by atoms with Crippen LogP contribution in [0.2, 0.25) is 0 Å². The molecule has 2 aromatic carbocycles. The van der Waals surface area contributed by atoms with Gasteiger partial charge < -0.3 is 0 Å². The molecule has 0 aliphatic carbocycles. The SMILES string of the molecule is CCCc1ccc(C(=O)c2ccnc3ccccc23)cc1. The molecule has 0 N–H and O–H groups in total. The van der Waals surface area contributed by atoms with E-state index in [1.54, 1.807) is 12.3 Å². The topological polar surface area (TPSA) is 30.0 Å². The van der Waals surface area contributed by atoms with Crippen molar-refractivity contribution in [2.24, 2.45) is 0 Å². The Hall–Kier alpha value is -2.48. The number of carbonyl (C=O) groups excluding carboxylic acids is 1. The first-order valence-electron chi connectivity index (χ1n) is 7.27. The molecule has 2 heteroatoms. The first-order chi connectivity index (χ1) is 10.3. The van der Waals surface area contributed by atoms with Gasteiger partial charge >= 0.3 is 0 Å². The molecule has 0 radical (unpaired) electrons. The number of para-hydroxylation sites is 1. The highest BCUT2D eigenvalue weighted by Gasteiger charge is 2.12. The smallest absolute Gasteiger partial charge is 0.193 e. The fraction of sp³-hybridized carbons (Fsp3) is 0.158. The van der Waals surface area contributed by atoms with Crippen molar-refractivity contribution in [1.29, 1.82) is 0 Å². The molecular weight excluding hydrogens is 258 g/mol. The van der Waals surface area contributed by atoms with Gasteiger partial charge in [-0.1, -0.05) is 55.8 Å². The molecule has 0 bridgehead atoms. The summed E-state index contributed by atoms with van der Waals surface area (Å²) in [5.41, 5.74) is 3.56. The molecule has 0 amide bonds. The molecule has 104 valence electrons. The van der Waals surface area contributed by atoms with Crippen LogP contribution in [0.4, 0.5) is 0 Å². The van der Waals surface area contributed by atoms with E-state index >= 15 is 0 Å². The lowest BCUT2D eigenvalue weighted by molar-refractivity contribution is 0.104. The third-order valence-electron chi connectivity index (χ3n) is 3.65. The van der Waals surface area contributed by atoms with Crippen molar-refractivity contribution in [2.45, 2.75) is 19.8 Å². The number of aromatic nitrogens is 1. The second-order valence-corrected chi connectivity index (χ2v) is 5.15. The molecule has 1 aromatic heterocycles. The van der Waals surface area contributed by atoms with Crippen molar-refractivity contribution < 1.29 is 4.79 Å². The second-order valence-electron chi connectivity index (χ2n) is 5.15. The summed E-state index contributed by atoms with van der Waals surface area (Å²) in [5, 5.41) is 0.905. The summed E-state index contributed by atoms with van der Waals surface area (Å²) in [7, 11) is 0. The van der Waals surface area contributed by atoms with Gasteiger partial charge in [0.15, 0.2) is 5.78 Å². The molecular formula is C19H17NO. The van der Waals surface area contributed by atoms with Gasteiger partial charge in [0.1, 0.15) is 0 Å². The number of benzene rings is 2. The molecule has 0 fully saturated rings. The predicted molar refractivity (Wildman–Crippen MR) is 85.6 cm³/mol. The van der Waals surface area contributed by atoms with E-state index in [4.69, 9.17) is 0 Å². The third-order valence-corrected chi connectivity index (χ3v) is 3.65. The Labute approximate surface area is 124 Å². The largest absolute Gasteiger partial charge is 0.289 e. The lowest BCUT2D eigenvalue weighted by Gasteiger charge is -2.06. The van der Waals surface area contributed by atoms with E-state index in [9.17, 15) is 4.79 Å². The van der Waals surface area contributed by atoms with Gasteiger partial charge in [0, 0.05) is 22.7 Å². The highest BCUT2D eigenvalue weighted by Crippen LogP contribution is 2.20. The second kappa shape index (κ2) is 5.88. The Morgan fingerprint density at radius 3 is 2.52 bits per heavy atom. The molecule has 0 saturated heterocycles. The number of aryl methyl sites for hydroxylation is 1. The van der Waals surface area contributed by atoms with Gasteiger partial charge in [0.05, 0.1) is 5.52 Å². The highest BCUT2D eigenvalue weighted by atomic mass is 16.1. The fourth-order valence-electron chi connectivity index (χ4n) is 2.56. The highest BCUT2D eigenvalue weighted by molar-refractivity contribution is 6.15. The summed E-state index contributed by atoms with van der Waals surface area (Å²) >= 11 is 0. The van der Waals surface area contributed by atoms with E-state index < -0.39 is 0 Å². The molecule has 0 spiro atoms. The summed E-state index contributed by atoms with van der Waals surface area (Å²) in [5.74, 6) is 0.0525. The zero-order chi connectivity index (χ0) is 14.7. The van der Waals surface area contributed by atoms with Crippen molar-refractivity contribution in [3.05, 3.63) is 77.5 Å². The molecule has 0 unspecified atom stereocenters. The standard InChI is InChI=1S/C19H17NO/c1-2-5-14-8-10-15(11-9-14)19(21)17-12-13-20-18-7-4-3-6-16(17)18/h3-4,6-13H,2,5H2,1H3. The van der Waals surface area contributed by atoms with E-state index in [-0.39, 0.29) is 5.78 Å². The Morgan fingerprint density at radius 1 is 1.00 bits per heavy atom. The van der Waals surface area contributed by atoms with E-state index in [0.717, 1.165) is 29.3 Å². The molecule has 0 aliphatic rings. The van der Waals surface area contributed by atoms with E-state index in [2.05, 4.69) is 11.9 Å². The van der Waals surface area contributed by atoms with Crippen LogP contribution in [0.1, 0.15) is 34.8 Å². The molecule has 3 aromatic rings. The van der Waals surface area contributed by atoms with Crippen molar-refractivity contribution in [3.8, 4) is 0 Å². The van der Waals surface area contributed by atoms with E-state index in [1.165, 1.54) is 5.56 Å². The van der Waals surface area contributed by atoms with Crippen LogP contribution >= 0.6 is 0 Å². The number of pyridine rings is 1. The number of fused-ring (bicyclic) bond motifs is 1. The van der Waals surface area contributed by atoms with Crippen LogP contribution in [0.15, 0.2) is 60.8 Å². The van der Waals surface area contributed by atoms with Crippen LogP contribution in [0.3, 0.4) is 0 Å². The quantitative estimate of drug-likeness (QED) is 0.660. The van der Waals surface area contributed by atoms with Crippen LogP contribution in [-0.2, 0) is 6.42 Å². The first kappa shape index (κ1) is 13.5. The Kier molecular flexibility index (Phi) is 3.78. The number of carbonyl (C=O) groups is 1. The lowest BCUT2D eigenvalue weighted by Crippen LogP contribution is -2.03. The number of hydrogen-bond acceptors (Lipinski definition) is 2.